The van der Waals surface area contributed by atoms with Gasteiger partial charge in [-0.15, -0.1) is 0 Å². The second kappa shape index (κ2) is 5.96. The number of halogens is 1. The predicted octanol–water partition coefficient (Wildman–Crippen LogP) is 3.57. The molecule has 1 heterocycles. The third-order valence-corrected chi connectivity index (χ3v) is 4.54. The molecule has 0 saturated carbocycles. The number of ether oxygens (including phenoxy) is 1. The zero-order chi connectivity index (χ0) is 14.7. The Bertz CT molecular complexity index is 593. The zero-order valence-corrected chi connectivity index (χ0v) is 12.0. The van der Waals surface area contributed by atoms with Gasteiger partial charge in [0.25, 0.3) is 0 Å². The molecule has 0 aliphatic carbocycles. The Hall–Kier alpha value is -1.71. The first kappa shape index (κ1) is 14.2. The summed E-state index contributed by atoms with van der Waals surface area (Å²) >= 11 is 0. The smallest absolute Gasteiger partial charge is 0.123 e. The molecule has 1 atom stereocenters. The predicted molar refractivity (Wildman–Crippen MR) is 81.5 cm³/mol. The Morgan fingerprint density at radius 3 is 2.38 bits per heavy atom. The van der Waals surface area contributed by atoms with Gasteiger partial charge in [-0.25, -0.2) is 4.39 Å². The van der Waals surface area contributed by atoms with Crippen molar-refractivity contribution in [2.24, 2.45) is 5.73 Å². The van der Waals surface area contributed by atoms with E-state index in [0.717, 1.165) is 18.4 Å². The van der Waals surface area contributed by atoms with Gasteiger partial charge in [-0.05, 0) is 36.1 Å². The first-order valence-electron chi connectivity index (χ1n) is 7.37. The third kappa shape index (κ3) is 2.71. The summed E-state index contributed by atoms with van der Waals surface area (Å²) < 4.78 is 19.1. The van der Waals surface area contributed by atoms with E-state index in [2.05, 4.69) is 12.1 Å². The van der Waals surface area contributed by atoms with Crippen molar-refractivity contribution in [3.63, 3.8) is 0 Å². The highest BCUT2D eigenvalue weighted by molar-refractivity contribution is 5.34. The first-order chi connectivity index (χ1) is 10.2. The molecule has 21 heavy (non-hydrogen) atoms. The maximum atomic E-state index is 13.5. The SMILES string of the molecule is NC(c1cccc(F)c1)C1(c2ccccc2)CCOCC1. The van der Waals surface area contributed by atoms with Crippen molar-refractivity contribution in [1.29, 1.82) is 0 Å². The molecule has 1 unspecified atom stereocenters. The van der Waals surface area contributed by atoms with E-state index in [9.17, 15) is 4.39 Å². The Balaban J connectivity index is 2.03. The molecule has 1 saturated heterocycles. The lowest BCUT2D eigenvalue weighted by Crippen LogP contribution is -2.43. The monoisotopic (exact) mass is 285 g/mol. The number of hydrogen-bond acceptors (Lipinski definition) is 2. The van der Waals surface area contributed by atoms with E-state index in [1.165, 1.54) is 11.6 Å². The van der Waals surface area contributed by atoms with Crippen LogP contribution in [0.25, 0.3) is 0 Å². The van der Waals surface area contributed by atoms with Crippen LogP contribution in [0.4, 0.5) is 4.39 Å². The number of benzene rings is 2. The molecule has 1 aliphatic heterocycles. The van der Waals surface area contributed by atoms with Gasteiger partial charge in [0.15, 0.2) is 0 Å². The molecule has 2 nitrogen and oxygen atoms in total. The summed E-state index contributed by atoms with van der Waals surface area (Å²) in [5, 5.41) is 0. The van der Waals surface area contributed by atoms with Crippen LogP contribution in [-0.2, 0) is 10.2 Å². The maximum absolute atomic E-state index is 13.5. The molecule has 0 radical (unpaired) electrons. The van der Waals surface area contributed by atoms with Crippen LogP contribution in [0.5, 0.6) is 0 Å². The van der Waals surface area contributed by atoms with E-state index in [0.29, 0.717) is 13.2 Å². The van der Waals surface area contributed by atoms with E-state index in [4.69, 9.17) is 10.5 Å². The summed E-state index contributed by atoms with van der Waals surface area (Å²) in [6, 6.07) is 16.7. The van der Waals surface area contributed by atoms with Crippen molar-refractivity contribution in [3.8, 4) is 0 Å². The lowest BCUT2D eigenvalue weighted by atomic mass is 9.67. The van der Waals surface area contributed by atoms with E-state index in [-0.39, 0.29) is 17.3 Å². The quantitative estimate of drug-likeness (QED) is 0.935. The fourth-order valence-corrected chi connectivity index (χ4v) is 3.30. The van der Waals surface area contributed by atoms with E-state index < -0.39 is 0 Å². The van der Waals surface area contributed by atoms with Crippen LogP contribution in [0, 0.1) is 5.82 Å². The Labute approximate surface area is 124 Å². The van der Waals surface area contributed by atoms with Gasteiger partial charge in [0.05, 0.1) is 0 Å². The minimum Gasteiger partial charge on any atom is -0.381 e. The van der Waals surface area contributed by atoms with E-state index in [1.54, 1.807) is 12.1 Å². The van der Waals surface area contributed by atoms with Crippen LogP contribution in [0.3, 0.4) is 0 Å². The highest BCUT2D eigenvalue weighted by Gasteiger charge is 2.40. The van der Waals surface area contributed by atoms with Crippen LogP contribution >= 0.6 is 0 Å². The minimum absolute atomic E-state index is 0.187. The molecule has 3 rings (SSSR count). The van der Waals surface area contributed by atoms with Crippen LogP contribution in [0.2, 0.25) is 0 Å². The molecule has 0 spiro atoms. The first-order valence-corrected chi connectivity index (χ1v) is 7.37. The lowest BCUT2D eigenvalue weighted by Gasteiger charge is -2.42. The minimum atomic E-state index is -0.238. The third-order valence-electron chi connectivity index (χ3n) is 4.54. The van der Waals surface area contributed by atoms with Gasteiger partial charge < -0.3 is 10.5 Å². The fraction of sp³-hybridized carbons (Fsp3) is 0.333. The van der Waals surface area contributed by atoms with Gasteiger partial charge in [0.1, 0.15) is 5.82 Å². The van der Waals surface area contributed by atoms with Crippen molar-refractivity contribution in [2.75, 3.05) is 13.2 Å². The van der Waals surface area contributed by atoms with E-state index in [1.807, 2.05) is 24.3 Å². The summed E-state index contributed by atoms with van der Waals surface area (Å²) in [6.07, 6.45) is 1.71. The largest absolute Gasteiger partial charge is 0.381 e. The van der Waals surface area contributed by atoms with Gasteiger partial charge in [0.2, 0.25) is 0 Å². The summed E-state index contributed by atoms with van der Waals surface area (Å²) in [5.74, 6) is -0.238. The second-order valence-corrected chi connectivity index (χ2v) is 5.67. The summed E-state index contributed by atoms with van der Waals surface area (Å²) in [7, 11) is 0. The average Bonchev–Trinajstić information content (AvgIpc) is 2.55. The molecule has 0 amide bonds. The van der Waals surface area contributed by atoms with Crippen molar-refractivity contribution in [2.45, 2.75) is 24.3 Å². The number of hydrogen-bond donors (Lipinski definition) is 1. The van der Waals surface area contributed by atoms with Gasteiger partial charge in [-0.2, -0.15) is 0 Å². The summed E-state index contributed by atoms with van der Waals surface area (Å²) in [6.45, 7) is 1.38. The lowest BCUT2D eigenvalue weighted by molar-refractivity contribution is 0.0397. The topological polar surface area (TPSA) is 35.2 Å². The Kier molecular flexibility index (Phi) is 4.04. The normalized spacial score (nSPS) is 19.1. The number of nitrogens with two attached hydrogens (primary N) is 1. The van der Waals surface area contributed by atoms with Crippen molar-refractivity contribution < 1.29 is 9.13 Å². The standard InChI is InChI=1S/C18H20FNO/c19-16-8-4-5-14(13-16)17(20)18(9-11-21-12-10-18)15-6-2-1-3-7-15/h1-8,13,17H,9-12,20H2. The van der Waals surface area contributed by atoms with Gasteiger partial charge >= 0.3 is 0 Å². The number of rotatable bonds is 3. The van der Waals surface area contributed by atoms with Crippen LogP contribution in [0.15, 0.2) is 54.6 Å². The average molecular weight is 285 g/mol. The molecule has 2 aromatic rings. The second-order valence-electron chi connectivity index (χ2n) is 5.67. The molecule has 2 aromatic carbocycles. The summed E-state index contributed by atoms with van der Waals surface area (Å²) in [5.41, 5.74) is 8.46. The molecule has 0 aromatic heterocycles. The maximum Gasteiger partial charge on any atom is 0.123 e. The molecular weight excluding hydrogens is 265 g/mol. The molecule has 110 valence electrons. The zero-order valence-electron chi connectivity index (χ0n) is 12.0. The van der Waals surface area contributed by atoms with Crippen LogP contribution < -0.4 is 5.73 Å². The molecule has 1 fully saturated rings. The molecule has 3 heteroatoms. The van der Waals surface area contributed by atoms with Crippen molar-refractivity contribution >= 4 is 0 Å². The molecule has 2 N–H and O–H groups in total. The van der Waals surface area contributed by atoms with Crippen molar-refractivity contribution in [3.05, 3.63) is 71.5 Å². The van der Waals surface area contributed by atoms with Gasteiger partial charge in [-0.1, -0.05) is 42.5 Å². The highest BCUT2D eigenvalue weighted by atomic mass is 19.1. The van der Waals surface area contributed by atoms with E-state index >= 15 is 0 Å². The molecular formula is C18H20FNO. The fourth-order valence-electron chi connectivity index (χ4n) is 3.30. The van der Waals surface area contributed by atoms with Crippen molar-refractivity contribution in [1.82, 2.24) is 0 Å². The Morgan fingerprint density at radius 2 is 1.71 bits per heavy atom. The summed E-state index contributed by atoms with van der Waals surface area (Å²) in [4.78, 5) is 0. The van der Waals surface area contributed by atoms with Gasteiger partial charge in [0, 0.05) is 24.7 Å². The van der Waals surface area contributed by atoms with Gasteiger partial charge in [-0.3, -0.25) is 0 Å². The highest BCUT2D eigenvalue weighted by Crippen LogP contribution is 2.43. The van der Waals surface area contributed by atoms with Crippen LogP contribution in [-0.4, -0.2) is 13.2 Å². The Morgan fingerprint density at radius 1 is 1.00 bits per heavy atom. The molecule has 1 aliphatic rings. The van der Waals surface area contributed by atoms with Crippen LogP contribution in [0.1, 0.15) is 30.0 Å². The molecule has 0 bridgehead atoms.